The van der Waals surface area contributed by atoms with Gasteiger partial charge >= 0.3 is 11.7 Å². The summed E-state index contributed by atoms with van der Waals surface area (Å²) in [6, 6.07) is 10.5. The number of Topliss-reactive ketones (excluding diaryl/α,β-unsaturated/α-hetero) is 1. The lowest BCUT2D eigenvalue weighted by atomic mass is 10.1. The van der Waals surface area contributed by atoms with Gasteiger partial charge in [-0.15, -0.1) is 0 Å². The summed E-state index contributed by atoms with van der Waals surface area (Å²) in [5.74, 6) is -1.50. The fourth-order valence-electron chi connectivity index (χ4n) is 1.82. The first-order valence-electron chi connectivity index (χ1n) is 6.73. The van der Waals surface area contributed by atoms with Crippen LogP contribution in [-0.4, -0.2) is 24.3 Å². The zero-order valence-corrected chi connectivity index (χ0v) is 12.3. The van der Waals surface area contributed by atoms with E-state index in [4.69, 9.17) is 4.74 Å². The molecule has 7 heteroatoms. The van der Waals surface area contributed by atoms with Gasteiger partial charge in [-0.1, -0.05) is 0 Å². The Morgan fingerprint density at radius 2 is 1.83 bits per heavy atom. The number of hydrogen-bond donors (Lipinski definition) is 1. The van der Waals surface area contributed by atoms with Gasteiger partial charge in [0.25, 0.3) is 0 Å². The summed E-state index contributed by atoms with van der Waals surface area (Å²) in [6.07, 6.45) is 1.17. The molecular weight excluding hydrogens is 300 g/mol. The lowest BCUT2D eigenvalue weighted by Gasteiger charge is -2.06. The van der Waals surface area contributed by atoms with Crippen LogP contribution in [0.25, 0.3) is 0 Å². The molecule has 0 spiro atoms. The highest BCUT2D eigenvalue weighted by atomic mass is 16.5. The molecule has 1 N–H and O–H groups in total. The second-order valence-electron chi connectivity index (χ2n) is 4.67. The van der Waals surface area contributed by atoms with Crippen LogP contribution in [0, 0.1) is 5.21 Å². The van der Waals surface area contributed by atoms with Gasteiger partial charge in [-0.3, -0.25) is 9.59 Å². The van der Waals surface area contributed by atoms with Gasteiger partial charge in [0.1, 0.15) is 0 Å². The fourth-order valence-corrected chi connectivity index (χ4v) is 1.82. The number of ether oxygens (including phenoxy) is 1. The molecule has 0 fully saturated rings. The van der Waals surface area contributed by atoms with Crippen LogP contribution in [0.5, 0.6) is 0 Å². The number of nitrogens with one attached hydrogen (secondary N) is 1. The summed E-state index contributed by atoms with van der Waals surface area (Å²) in [4.78, 5) is 34.6. The zero-order chi connectivity index (χ0) is 16.8. The quantitative estimate of drug-likeness (QED) is 0.388. The maximum absolute atomic E-state index is 11.9. The van der Waals surface area contributed by atoms with Crippen LogP contribution < -0.4 is 10.0 Å². The van der Waals surface area contributed by atoms with Crippen molar-refractivity contribution in [2.24, 2.45) is 0 Å². The van der Waals surface area contributed by atoms with Crippen molar-refractivity contribution in [3.8, 4) is 0 Å². The summed E-state index contributed by atoms with van der Waals surface area (Å²) < 4.78 is 5.21. The molecular formula is C16H14N2O5. The molecule has 7 nitrogen and oxygen atoms in total. The molecule has 0 saturated heterocycles. The predicted octanol–water partition coefficient (Wildman–Crippen LogP) is 1.32. The smallest absolute Gasteiger partial charge is 0.405 e. The number of anilines is 1. The van der Waals surface area contributed by atoms with Gasteiger partial charge in [0.15, 0.2) is 18.6 Å². The van der Waals surface area contributed by atoms with E-state index in [1.54, 1.807) is 12.1 Å². The Morgan fingerprint density at radius 1 is 1.13 bits per heavy atom. The highest BCUT2D eigenvalue weighted by molar-refractivity contribution is 5.99. The maximum Gasteiger partial charge on any atom is 0.405 e. The highest BCUT2D eigenvalue weighted by Crippen LogP contribution is 2.10. The first-order valence-corrected chi connectivity index (χ1v) is 6.73. The van der Waals surface area contributed by atoms with Crippen molar-refractivity contribution in [1.29, 1.82) is 0 Å². The molecule has 23 heavy (non-hydrogen) atoms. The van der Waals surface area contributed by atoms with Crippen LogP contribution in [0.2, 0.25) is 0 Å². The van der Waals surface area contributed by atoms with Gasteiger partial charge < -0.3 is 15.3 Å². The number of esters is 1. The standard InChI is InChI=1S/C16H14N2O5/c1-11(19)17-13-7-5-12(6-8-13)15(20)10-23-16(21)14-4-2-3-9-18(14)22/h2-9H,10H2,1H3,(H,17,19). The van der Waals surface area contributed by atoms with Crippen molar-refractivity contribution in [2.45, 2.75) is 6.92 Å². The van der Waals surface area contributed by atoms with Crippen LogP contribution in [0.4, 0.5) is 5.69 Å². The largest absolute Gasteiger partial charge is 0.618 e. The average molecular weight is 314 g/mol. The molecule has 0 atom stereocenters. The molecule has 1 aromatic heterocycles. The van der Waals surface area contributed by atoms with Gasteiger partial charge in [0.2, 0.25) is 5.91 Å². The van der Waals surface area contributed by atoms with Crippen LogP contribution >= 0.6 is 0 Å². The van der Waals surface area contributed by atoms with E-state index in [9.17, 15) is 19.6 Å². The molecule has 1 heterocycles. The van der Waals surface area contributed by atoms with Crippen molar-refractivity contribution >= 4 is 23.3 Å². The monoisotopic (exact) mass is 314 g/mol. The Labute approximate surface area is 132 Å². The predicted molar refractivity (Wildman–Crippen MR) is 80.8 cm³/mol. The topological polar surface area (TPSA) is 99.4 Å². The fraction of sp³-hybridized carbons (Fsp3) is 0.125. The van der Waals surface area contributed by atoms with E-state index < -0.39 is 18.4 Å². The minimum Gasteiger partial charge on any atom is -0.618 e. The highest BCUT2D eigenvalue weighted by Gasteiger charge is 2.18. The number of carbonyl (C=O) groups excluding carboxylic acids is 3. The van der Waals surface area contributed by atoms with E-state index >= 15 is 0 Å². The number of aromatic nitrogens is 1. The molecule has 2 rings (SSSR count). The summed E-state index contributed by atoms with van der Waals surface area (Å²) in [5.41, 5.74) is 0.694. The number of rotatable bonds is 5. The first kappa shape index (κ1) is 16.2. The normalized spacial score (nSPS) is 9.96. The SMILES string of the molecule is CC(=O)Nc1ccc(C(=O)COC(=O)c2cccc[n+]2[O-])cc1. The molecule has 118 valence electrons. The van der Waals surface area contributed by atoms with Crippen molar-refractivity contribution in [2.75, 3.05) is 11.9 Å². The van der Waals surface area contributed by atoms with E-state index in [-0.39, 0.29) is 11.6 Å². The number of hydrogen-bond acceptors (Lipinski definition) is 5. The van der Waals surface area contributed by atoms with Gasteiger partial charge in [-0.25, -0.2) is 4.79 Å². The molecule has 0 radical (unpaired) electrons. The Morgan fingerprint density at radius 3 is 2.43 bits per heavy atom. The summed E-state index contributed by atoms with van der Waals surface area (Å²) in [5, 5.41) is 14.0. The molecule has 0 bridgehead atoms. The zero-order valence-electron chi connectivity index (χ0n) is 12.3. The third-order valence-corrected chi connectivity index (χ3v) is 2.89. The first-order chi connectivity index (χ1) is 11.0. The summed E-state index contributed by atoms with van der Waals surface area (Å²) in [6.45, 7) is 0.900. The molecule has 2 aromatic rings. The summed E-state index contributed by atoms with van der Waals surface area (Å²) >= 11 is 0. The van der Waals surface area contributed by atoms with Crippen LogP contribution in [-0.2, 0) is 9.53 Å². The minimum absolute atomic E-state index is 0.193. The van der Waals surface area contributed by atoms with E-state index in [1.165, 1.54) is 43.5 Å². The van der Waals surface area contributed by atoms with Crippen LogP contribution in [0.3, 0.4) is 0 Å². The van der Waals surface area contributed by atoms with Crippen molar-refractivity contribution in [3.63, 3.8) is 0 Å². The lowest BCUT2D eigenvalue weighted by molar-refractivity contribution is -0.608. The van der Waals surface area contributed by atoms with Gasteiger partial charge in [0, 0.05) is 30.3 Å². The Kier molecular flexibility index (Phi) is 5.03. The Hall–Kier alpha value is -3.22. The van der Waals surface area contributed by atoms with Crippen LogP contribution in [0.1, 0.15) is 27.8 Å². The molecule has 1 amide bonds. The number of amides is 1. The second-order valence-corrected chi connectivity index (χ2v) is 4.67. The van der Waals surface area contributed by atoms with Crippen molar-refractivity contribution in [1.82, 2.24) is 0 Å². The van der Waals surface area contributed by atoms with E-state index in [0.29, 0.717) is 16.0 Å². The molecule has 0 unspecified atom stereocenters. The van der Waals surface area contributed by atoms with Gasteiger partial charge in [-0.05, 0) is 30.3 Å². The molecule has 0 aliphatic rings. The lowest BCUT2D eigenvalue weighted by Crippen LogP contribution is -2.35. The maximum atomic E-state index is 11.9. The second kappa shape index (κ2) is 7.17. The number of carbonyl (C=O) groups is 3. The number of pyridine rings is 1. The molecule has 0 aliphatic carbocycles. The third kappa shape index (κ3) is 4.37. The van der Waals surface area contributed by atoms with E-state index in [0.717, 1.165) is 0 Å². The van der Waals surface area contributed by atoms with Crippen molar-refractivity contribution < 1.29 is 23.9 Å². The number of nitrogens with zero attached hydrogens (tertiary/aromatic N) is 1. The van der Waals surface area contributed by atoms with Gasteiger partial charge in [-0.2, -0.15) is 4.73 Å². The Balaban J connectivity index is 1.95. The summed E-state index contributed by atoms with van der Waals surface area (Å²) in [7, 11) is 0. The van der Waals surface area contributed by atoms with E-state index in [1.807, 2.05) is 0 Å². The molecule has 0 saturated carbocycles. The molecule has 0 aliphatic heterocycles. The minimum atomic E-state index is -0.871. The Bertz CT molecular complexity index is 740. The van der Waals surface area contributed by atoms with E-state index in [2.05, 4.69) is 5.32 Å². The van der Waals surface area contributed by atoms with Gasteiger partial charge in [0.05, 0.1) is 0 Å². The average Bonchev–Trinajstić information content (AvgIpc) is 2.53. The van der Waals surface area contributed by atoms with Crippen LogP contribution in [0.15, 0.2) is 48.7 Å². The van der Waals surface area contributed by atoms with Crippen molar-refractivity contribution in [3.05, 3.63) is 65.1 Å². The third-order valence-electron chi connectivity index (χ3n) is 2.89. The number of benzene rings is 1. The molecule has 1 aromatic carbocycles. The number of ketones is 1.